The molecule has 236 valence electrons. The van der Waals surface area contributed by atoms with E-state index in [4.69, 9.17) is 23.2 Å². The van der Waals surface area contributed by atoms with Crippen molar-refractivity contribution in [2.45, 2.75) is 57.1 Å². The van der Waals surface area contributed by atoms with Crippen LogP contribution >= 0.6 is 23.2 Å². The number of benzene rings is 4. The molecule has 0 aliphatic heterocycles. The summed E-state index contributed by atoms with van der Waals surface area (Å²) in [5.41, 5.74) is 2.71. The molecular formula is C35H37Cl2N3O4S. The van der Waals surface area contributed by atoms with Gasteiger partial charge in [-0.2, -0.15) is 0 Å². The number of anilines is 1. The van der Waals surface area contributed by atoms with Crippen molar-refractivity contribution in [1.82, 2.24) is 10.2 Å². The Balaban J connectivity index is 1.80. The summed E-state index contributed by atoms with van der Waals surface area (Å²) in [4.78, 5) is 29.9. The third-order valence-electron chi connectivity index (χ3n) is 7.52. The molecule has 0 aliphatic rings. The van der Waals surface area contributed by atoms with Gasteiger partial charge in [-0.25, -0.2) is 8.42 Å². The summed E-state index contributed by atoms with van der Waals surface area (Å²) < 4.78 is 29.3. The van der Waals surface area contributed by atoms with Gasteiger partial charge in [-0.15, -0.1) is 0 Å². The van der Waals surface area contributed by atoms with Crippen LogP contribution in [0, 0.1) is 6.92 Å². The Morgan fingerprint density at radius 2 is 1.49 bits per heavy atom. The molecule has 7 nitrogen and oxygen atoms in total. The monoisotopic (exact) mass is 665 g/mol. The molecule has 4 rings (SSSR count). The van der Waals surface area contributed by atoms with Gasteiger partial charge >= 0.3 is 0 Å². The number of aryl methyl sites for hydroxylation is 1. The number of sulfonamides is 1. The lowest BCUT2D eigenvalue weighted by Crippen LogP contribution is -2.54. The second-order valence-corrected chi connectivity index (χ2v) is 13.7. The molecule has 2 amide bonds. The van der Waals surface area contributed by atoms with Crippen LogP contribution in [-0.4, -0.2) is 43.8 Å². The van der Waals surface area contributed by atoms with E-state index >= 15 is 0 Å². The summed E-state index contributed by atoms with van der Waals surface area (Å²) in [6, 6.07) is 28.1. The van der Waals surface area contributed by atoms with E-state index in [0.717, 1.165) is 21.0 Å². The van der Waals surface area contributed by atoms with Gasteiger partial charge in [0, 0.05) is 29.1 Å². The number of nitrogens with one attached hydrogen (secondary N) is 1. The molecule has 0 heterocycles. The van der Waals surface area contributed by atoms with E-state index in [1.807, 2.05) is 51.1 Å². The first-order chi connectivity index (χ1) is 21.5. The van der Waals surface area contributed by atoms with E-state index in [1.165, 1.54) is 23.1 Å². The molecule has 0 fully saturated rings. The lowest BCUT2D eigenvalue weighted by molar-refractivity contribution is -0.140. The summed E-state index contributed by atoms with van der Waals surface area (Å²) in [6.07, 6.45) is 0.927. The molecule has 0 radical (unpaired) electrons. The fraction of sp³-hybridized carbons (Fsp3) is 0.257. The molecule has 45 heavy (non-hydrogen) atoms. The van der Waals surface area contributed by atoms with E-state index < -0.39 is 28.5 Å². The number of amides is 2. The van der Waals surface area contributed by atoms with Gasteiger partial charge in [0.15, 0.2) is 0 Å². The van der Waals surface area contributed by atoms with Crippen LogP contribution in [0.3, 0.4) is 0 Å². The molecule has 2 atom stereocenters. The fourth-order valence-electron chi connectivity index (χ4n) is 4.78. The first-order valence-corrected chi connectivity index (χ1v) is 16.9. The minimum Gasteiger partial charge on any atom is -0.352 e. The standard InChI is InChI=1S/C35H37Cl2N3O4S/c1-4-26(3)38-35(42)33(21-27-9-6-5-7-10-27)39(23-28-15-17-29(36)18-16-28)34(41)24-40(31-12-8-11-30(37)22-31)45(43,44)32-19-13-25(2)14-20-32/h5-20,22,26,33H,4,21,23-24H2,1-3H3,(H,38,42). The quantitative estimate of drug-likeness (QED) is 0.166. The minimum atomic E-state index is -4.21. The number of rotatable bonds is 13. The summed E-state index contributed by atoms with van der Waals surface area (Å²) in [7, 11) is -4.21. The van der Waals surface area contributed by atoms with Crippen molar-refractivity contribution in [2.75, 3.05) is 10.8 Å². The SMILES string of the molecule is CCC(C)NC(=O)C(Cc1ccccc1)N(Cc1ccc(Cl)cc1)C(=O)CN(c1cccc(Cl)c1)S(=O)(=O)c1ccc(C)cc1. The maximum atomic E-state index is 14.5. The van der Waals surface area contributed by atoms with E-state index in [1.54, 1.807) is 54.6 Å². The third kappa shape index (κ3) is 9.10. The lowest BCUT2D eigenvalue weighted by Gasteiger charge is -2.34. The van der Waals surface area contributed by atoms with Gasteiger partial charge in [0.05, 0.1) is 10.6 Å². The molecule has 0 saturated heterocycles. The summed E-state index contributed by atoms with van der Waals surface area (Å²) in [5, 5.41) is 3.88. The van der Waals surface area contributed by atoms with Crippen molar-refractivity contribution in [3.8, 4) is 0 Å². The van der Waals surface area contributed by atoms with Gasteiger partial charge in [-0.1, -0.05) is 96.4 Å². The summed E-state index contributed by atoms with van der Waals surface area (Å²) in [5.74, 6) is -0.882. The number of hydrogen-bond donors (Lipinski definition) is 1. The molecule has 0 aliphatic carbocycles. The number of hydrogen-bond acceptors (Lipinski definition) is 4. The molecule has 2 unspecified atom stereocenters. The first-order valence-electron chi connectivity index (χ1n) is 14.7. The van der Waals surface area contributed by atoms with Crippen LogP contribution in [0.5, 0.6) is 0 Å². The van der Waals surface area contributed by atoms with E-state index in [-0.39, 0.29) is 35.5 Å². The van der Waals surface area contributed by atoms with Crippen LogP contribution in [0.4, 0.5) is 5.69 Å². The predicted octanol–water partition coefficient (Wildman–Crippen LogP) is 7.05. The van der Waals surface area contributed by atoms with Crippen LogP contribution in [0.15, 0.2) is 108 Å². The molecule has 0 aromatic heterocycles. The van der Waals surface area contributed by atoms with E-state index in [0.29, 0.717) is 16.5 Å². The molecule has 10 heteroatoms. The highest BCUT2D eigenvalue weighted by molar-refractivity contribution is 7.92. The molecule has 4 aromatic rings. The largest absolute Gasteiger partial charge is 0.352 e. The molecule has 1 N–H and O–H groups in total. The van der Waals surface area contributed by atoms with Gasteiger partial charge in [0.1, 0.15) is 12.6 Å². The van der Waals surface area contributed by atoms with Crippen LogP contribution in [0.1, 0.15) is 37.0 Å². The minimum absolute atomic E-state index is 0.0282. The third-order valence-corrected chi connectivity index (χ3v) is 9.80. The second-order valence-electron chi connectivity index (χ2n) is 11.0. The van der Waals surface area contributed by atoms with E-state index in [2.05, 4.69) is 5.32 Å². The zero-order valence-electron chi connectivity index (χ0n) is 25.5. The van der Waals surface area contributed by atoms with Crippen molar-refractivity contribution >= 4 is 50.7 Å². The fourth-order valence-corrected chi connectivity index (χ4v) is 6.50. The zero-order valence-corrected chi connectivity index (χ0v) is 27.8. The van der Waals surface area contributed by atoms with Gasteiger partial charge < -0.3 is 10.2 Å². The van der Waals surface area contributed by atoms with Crippen molar-refractivity contribution < 1.29 is 18.0 Å². The van der Waals surface area contributed by atoms with Crippen molar-refractivity contribution in [3.05, 3.63) is 130 Å². The van der Waals surface area contributed by atoms with Gasteiger partial charge in [-0.3, -0.25) is 13.9 Å². The van der Waals surface area contributed by atoms with Crippen LogP contribution in [0.2, 0.25) is 10.0 Å². The van der Waals surface area contributed by atoms with Crippen molar-refractivity contribution in [1.29, 1.82) is 0 Å². The van der Waals surface area contributed by atoms with Crippen molar-refractivity contribution in [2.24, 2.45) is 0 Å². The number of nitrogens with zero attached hydrogens (tertiary/aromatic N) is 2. The average molecular weight is 667 g/mol. The Morgan fingerprint density at radius 1 is 0.822 bits per heavy atom. The number of carbonyl (C=O) groups is 2. The molecule has 0 bridgehead atoms. The number of carbonyl (C=O) groups excluding carboxylic acids is 2. The highest BCUT2D eigenvalue weighted by atomic mass is 35.5. The van der Waals surface area contributed by atoms with Gasteiger partial charge in [-0.05, 0) is 73.9 Å². The highest BCUT2D eigenvalue weighted by Crippen LogP contribution is 2.27. The molecule has 0 spiro atoms. The van der Waals surface area contributed by atoms with Gasteiger partial charge in [0.25, 0.3) is 10.0 Å². The summed E-state index contributed by atoms with van der Waals surface area (Å²) in [6.45, 7) is 5.21. The Hall–Kier alpha value is -3.85. The maximum absolute atomic E-state index is 14.5. The topological polar surface area (TPSA) is 86.8 Å². The van der Waals surface area contributed by atoms with Gasteiger partial charge in [0.2, 0.25) is 11.8 Å². The Kier molecular flexibility index (Phi) is 11.7. The molecular weight excluding hydrogens is 629 g/mol. The van der Waals surface area contributed by atoms with E-state index in [9.17, 15) is 18.0 Å². The smallest absolute Gasteiger partial charge is 0.264 e. The normalized spacial score (nSPS) is 12.6. The molecule has 0 saturated carbocycles. The van der Waals surface area contributed by atoms with Crippen LogP contribution in [0.25, 0.3) is 0 Å². The van der Waals surface area contributed by atoms with Crippen LogP contribution in [-0.2, 0) is 32.6 Å². The molecule has 4 aromatic carbocycles. The van der Waals surface area contributed by atoms with Crippen LogP contribution < -0.4 is 9.62 Å². The lowest BCUT2D eigenvalue weighted by atomic mass is 10.0. The second kappa shape index (κ2) is 15.4. The predicted molar refractivity (Wildman–Crippen MR) is 181 cm³/mol. The summed E-state index contributed by atoms with van der Waals surface area (Å²) >= 11 is 12.4. The Morgan fingerprint density at radius 3 is 2.11 bits per heavy atom. The zero-order chi connectivity index (χ0) is 32.6. The highest BCUT2D eigenvalue weighted by Gasteiger charge is 2.35. The maximum Gasteiger partial charge on any atom is 0.264 e. The average Bonchev–Trinajstić information content (AvgIpc) is 3.02. The first kappa shape index (κ1) is 34.0. The number of halogens is 2. The Labute approximate surface area is 275 Å². The van der Waals surface area contributed by atoms with Crippen molar-refractivity contribution in [3.63, 3.8) is 0 Å². The Bertz CT molecular complexity index is 1700.